The smallest absolute Gasteiger partial charge is 0.0929 e. The molecule has 1 heterocycles. The number of aryl methyl sites for hydroxylation is 2. The topological polar surface area (TPSA) is 25.8 Å². The number of unbranched alkanes of at least 4 members (excludes halogenated alkanes) is 1. The first-order valence-corrected chi connectivity index (χ1v) is 10.7. The van der Waals surface area contributed by atoms with Crippen LogP contribution in [0.3, 0.4) is 0 Å². The minimum atomic E-state index is 0.898. The van der Waals surface area contributed by atoms with Crippen molar-refractivity contribution < 1.29 is 0 Å². The second-order valence-electron chi connectivity index (χ2n) is 8.04. The summed E-state index contributed by atoms with van der Waals surface area (Å²) in [6, 6.07) is 13.1. The standard InChI is InChI=1S/C24H34N2/c1-3-5-6-20-11-14-22(15-12-20)24-18-17-23(25-26-24)16-13-21-9-7-19(4-2)8-10-21/h11-12,14-15,17-19,21H,3-10,13,16H2,1-2H3. The van der Waals surface area contributed by atoms with Crippen LogP contribution in [0.15, 0.2) is 36.4 Å². The van der Waals surface area contributed by atoms with Crippen LogP contribution >= 0.6 is 0 Å². The molecule has 0 amide bonds. The molecule has 140 valence electrons. The quantitative estimate of drug-likeness (QED) is 0.533. The number of hydrogen-bond donors (Lipinski definition) is 0. The summed E-state index contributed by atoms with van der Waals surface area (Å²) in [6.45, 7) is 4.57. The molecule has 1 aliphatic carbocycles. The Bertz CT molecular complexity index is 637. The van der Waals surface area contributed by atoms with Gasteiger partial charge in [0.05, 0.1) is 11.4 Å². The molecule has 2 nitrogen and oxygen atoms in total. The Kier molecular flexibility index (Phi) is 7.22. The zero-order valence-corrected chi connectivity index (χ0v) is 16.6. The normalized spacial score (nSPS) is 20.2. The maximum atomic E-state index is 4.49. The van der Waals surface area contributed by atoms with Crippen molar-refractivity contribution in [3.63, 3.8) is 0 Å². The Hall–Kier alpha value is -1.70. The van der Waals surface area contributed by atoms with E-state index in [-0.39, 0.29) is 0 Å². The third-order valence-corrected chi connectivity index (χ3v) is 6.14. The van der Waals surface area contributed by atoms with Crippen LogP contribution in [-0.4, -0.2) is 10.2 Å². The zero-order valence-electron chi connectivity index (χ0n) is 16.6. The van der Waals surface area contributed by atoms with E-state index in [1.54, 1.807) is 0 Å². The summed E-state index contributed by atoms with van der Waals surface area (Å²) < 4.78 is 0. The first-order chi connectivity index (χ1) is 12.8. The Morgan fingerprint density at radius 3 is 2.15 bits per heavy atom. The van der Waals surface area contributed by atoms with Crippen molar-refractivity contribution in [1.82, 2.24) is 10.2 Å². The van der Waals surface area contributed by atoms with E-state index in [0.717, 1.165) is 29.6 Å². The van der Waals surface area contributed by atoms with E-state index in [1.807, 2.05) is 0 Å². The van der Waals surface area contributed by atoms with Crippen LogP contribution in [0, 0.1) is 11.8 Å². The van der Waals surface area contributed by atoms with Gasteiger partial charge in [-0.3, -0.25) is 0 Å². The van der Waals surface area contributed by atoms with E-state index in [1.165, 1.54) is 68.9 Å². The molecule has 0 spiro atoms. The molecule has 2 aromatic rings. The van der Waals surface area contributed by atoms with Gasteiger partial charge in [0, 0.05) is 5.56 Å². The van der Waals surface area contributed by atoms with Gasteiger partial charge in [-0.05, 0) is 55.2 Å². The predicted octanol–water partition coefficient (Wildman–Crippen LogP) is 6.64. The van der Waals surface area contributed by atoms with Crippen molar-refractivity contribution >= 4 is 0 Å². The van der Waals surface area contributed by atoms with Crippen molar-refractivity contribution in [2.75, 3.05) is 0 Å². The summed E-state index contributed by atoms with van der Waals surface area (Å²) in [5, 5.41) is 8.97. The molecule has 3 rings (SSSR count). The average molecular weight is 351 g/mol. The predicted molar refractivity (Wildman–Crippen MR) is 110 cm³/mol. The Labute approximate surface area is 159 Å². The lowest BCUT2D eigenvalue weighted by atomic mass is 9.79. The molecule has 1 saturated carbocycles. The minimum Gasteiger partial charge on any atom is -0.155 e. The van der Waals surface area contributed by atoms with E-state index in [9.17, 15) is 0 Å². The first-order valence-electron chi connectivity index (χ1n) is 10.7. The van der Waals surface area contributed by atoms with Crippen molar-refractivity contribution in [2.24, 2.45) is 11.8 Å². The molecule has 1 aromatic heterocycles. The van der Waals surface area contributed by atoms with Gasteiger partial charge in [-0.25, -0.2) is 0 Å². The van der Waals surface area contributed by atoms with Gasteiger partial charge in [-0.2, -0.15) is 10.2 Å². The number of hydrogen-bond acceptors (Lipinski definition) is 2. The van der Waals surface area contributed by atoms with Crippen LogP contribution in [0.5, 0.6) is 0 Å². The summed E-state index contributed by atoms with van der Waals surface area (Å²) >= 11 is 0. The van der Waals surface area contributed by atoms with Gasteiger partial charge >= 0.3 is 0 Å². The highest BCUT2D eigenvalue weighted by Crippen LogP contribution is 2.33. The van der Waals surface area contributed by atoms with E-state index < -0.39 is 0 Å². The van der Waals surface area contributed by atoms with Crippen molar-refractivity contribution in [3.8, 4) is 11.3 Å². The largest absolute Gasteiger partial charge is 0.155 e. The number of rotatable bonds is 8. The number of benzene rings is 1. The van der Waals surface area contributed by atoms with E-state index in [0.29, 0.717) is 0 Å². The molecule has 0 bridgehead atoms. The lowest BCUT2D eigenvalue weighted by Crippen LogP contribution is -2.14. The van der Waals surface area contributed by atoms with Crippen molar-refractivity contribution in [1.29, 1.82) is 0 Å². The lowest BCUT2D eigenvalue weighted by Gasteiger charge is -2.27. The molecule has 0 N–H and O–H groups in total. The summed E-state index contributed by atoms with van der Waals surface area (Å²) in [5.74, 6) is 1.88. The SMILES string of the molecule is CCCCc1ccc(-c2ccc(CCC3CCC(CC)CC3)nn2)cc1. The zero-order chi connectivity index (χ0) is 18.2. The Morgan fingerprint density at radius 2 is 1.54 bits per heavy atom. The van der Waals surface area contributed by atoms with Crippen molar-refractivity contribution in [2.45, 2.75) is 78.1 Å². The van der Waals surface area contributed by atoms with Gasteiger partial charge in [0.2, 0.25) is 0 Å². The van der Waals surface area contributed by atoms with Crippen LogP contribution in [0.25, 0.3) is 11.3 Å². The molecule has 1 fully saturated rings. The van der Waals surface area contributed by atoms with Crippen LogP contribution in [0.4, 0.5) is 0 Å². The molecule has 0 unspecified atom stereocenters. The molecule has 0 radical (unpaired) electrons. The third-order valence-electron chi connectivity index (χ3n) is 6.14. The fourth-order valence-corrected chi connectivity index (χ4v) is 4.15. The van der Waals surface area contributed by atoms with E-state index in [4.69, 9.17) is 0 Å². The monoisotopic (exact) mass is 350 g/mol. The Balaban J connectivity index is 1.50. The van der Waals surface area contributed by atoms with E-state index >= 15 is 0 Å². The molecule has 0 atom stereocenters. The highest BCUT2D eigenvalue weighted by Gasteiger charge is 2.19. The maximum Gasteiger partial charge on any atom is 0.0929 e. The lowest BCUT2D eigenvalue weighted by molar-refractivity contribution is 0.258. The second kappa shape index (κ2) is 9.85. The molecule has 1 aliphatic rings. The van der Waals surface area contributed by atoms with Gasteiger partial charge in [-0.1, -0.05) is 76.6 Å². The van der Waals surface area contributed by atoms with Crippen LogP contribution in [-0.2, 0) is 12.8 Å². The number of aromatic nitrogens is 2. The summed E-state index contributed by atoms with van der Waals surface area (Å²) in [6.07, 6.45) is 13.1. The summed E-state index contributed by atoms with van der Waals surface area (Å²) in [7, 11) is 0. The molecular formula is C24H34N2. The second-order valence-corrected chi connectivity index (χ2v) is 8.04. The first kappa shape index (κ1) is 19.1. The molecule has 1 aromatic carbocycles. The molecule has 0 aliphatic heterocycles. The minimum absolute atomic E-state index is 0.898. The average Bonchev–Trinajstić information content (AvgIpc) is 2.72. The highest BCUT2D eigenvalue weighted by molar-refractivity contribution is 5.58. The summed E-state index contributed by atoms with van der Waals surface area (Å²) in [4.78, 5) is 0. The third kappa shape index (κ3) is 5.40. The van der Waals surface area contributed by atoms with Gasteiger partial charge in [-0.15, -0.1) is 0 Å². The van der Waals surface area contributed by atoms with Gasteiger partial charge in [0.25, 0.3) is 0 Å². The highest BCUT2D eigenvalue weighted by atomic mass is 15.1. The maximum absolute atomic E-state index is 4.49. The Morgan fingerprint density at radius 1 is 0.808 bits per heavy atom. The van der Waals surface area contributed by atoms with Gasteiger partial charge in [0.15, 0.2) is 0 Å². The van der Waals surface area contributed by atoms with Gasteiger partial charge < -0.3 is 0 Å². The van der Waals surface area contributed by atoms with Crippen LogP contribution in [0.2, 0.25) is 0 Å². The molecule has 0 saturated heterocycles. The van der Waals surface area contributed by atoms with Crippen molar-refractivity contribution in [3.05, 3.63) is 47.7 Å². The van der Waals surface area contributed by atoms with E-state index in [2.05, 4.69) is 60.4 Å². The fourth-order valence-electron chi connectivity index (χ4n) is 4.15. The summed E-state index contributed by atoms with van der Waals surface area (Å²) in [5.41, 5.74) is 4.71. The molecule has 26 heavy (non-hydrogen) atoms. The number of nitrogens with zero attached hydrogens (tertiary/aromatic N) is 2. The van der Waals surface area contributed by atoms with Crippen LogP contribution in [0.1, 0.15) is 76.5 Å². The molecular weight excluding hydrogens is 316 g/mol. The fraction of sp³-hybridized carbons (Fsp3) is 0.583. The van der Waals surface area contributed by atoms with Gasteiger partial charge in [0.1, 0.15) is 0 Å². The molecule has 2 heteroatoms. The van der Waals surface area contributed by atoms with Crippen LogP contribution < -0.4 is 0 Å².